The van der Waals surface area contributed by atoms with Crippen LogP contribution in [0, 0.1) is 0 Å². The first-order valence-electron chi connectivity index (χ1n) is 5.49. The van der Waals surface area contributed by atoms with Gasteiger partial charge in [-0.05, 0) is 6.54 Å². The van der Waals surface area contributed by atoms with E-state index in [9.17, 15) is 4.79 Å². The molecule has 0 saturated heterocycles. The van der Waals surface area contributed by atoms with E-state index in [1.165, 1.54) is 6.07 Å². The van der Waals surface area contributed by atoms with E-state index >= 15 is 0 Å². The summed E-state index contributed by atoms with van der Waals surface area (Å²) in [6.45, 7) is 3.44. The molecule has 90 valence electrons. The topological polar surface area (TPSA) is 75.6 Å². The van der Waals surface area contributed by atoms with Gasteiger partial charge < -0.3 is 10.3 Å². The van der Waals surface area contributed by atoms with Crippen LogP contribution in [0.25, 0.3) is 11.4 Å². The van der Waals surface area contributed by atoms with E-state index in [-0.39, 0.29) is 5.56 Å². The van der Waals surface area contributed by atoms with Gasteiger partial charge in [0.1, 0.15) is 5.82 Å². The molecule has 2 aromatic rings. The third-order valence-electron chi connectivity index (χ3n) is 2.33. The summed E-state index contributed by atoms with van der Waals surface area (Å²) in [6.07, 6.45) is 3.49. The van der Waals surface area contributed by atoms with E-state index in [2.05, 4.69) is 20.4 Å². The van der Waals surface area contributed by atoms with Crippen molar-refractivity contribution >= 4 is 0 Å². The van der Waals surface area contributed by atoms with Crippen LogP contribution in [-0.2, 0) is 13.6 Å². The molecule has 17 heavy (non-hydrogen) atoms. The maximum atomic E-state index is 11.5. The number of nitrogens with zero attached hydrogens (tertiary/aromatic N) is 3. The van der Waals surface area contributed by atoms with E-state index in [1.807, 2.05) is 20.2 Å². The van der Waals surface area contributed by atoms with Crippen LogP contribution in [0.4, 0.5) is 0 Å². The van der Waals surface area contributed by atoms with Crippen LogP contribution < -0.4 is 10.9 Å². The van der Waals surface area contributed by atoms with E-state index in [4.69, 9.17) is 0 Å². The van der Waals surface area contributed by atoms with Crippen molar-refractivity contribution in [2.24, 2.45) is 7.05 Å². The first-order valence-corrected chi connectivity index (χ1v) is 5.49. The van der Waals surface area contributed by atoms with Gasteiger partial charge in [-0.3, -0.25) is 9.48 Å². The summed E-state index contributed by atoms with van der Waals surface area (Å²) in [6, 6.07) is 1.50. The second-order valence-electron chi connectivity index (χ2n) is 3.77. The minimum Gasteiger partial charge on any atom is -0.311 e. The predicted molar refractivity (Wildman–Crippen MR) is 64.4 cm³/mol. The van der Waals surface area contributed by atoms with Gasteiger partial charge in [0.15, 0.2) is 0 Å². The molecule has 2 aromatic heterocycles. The van der Waals surface area contributed by atoms with E-state index in [1.54, 1.807) is 10.9 Å². The van der Waals surface area contributed by atoms with Crippen molar-refractivity contribution in [1.29, 1.82) is 0 Å². The Labute approximate surface area is 98.7 Å². The highest BCUT2D eigenvalue weighted by molar-refractivity contribution is 5.51. The van der Waals surface area contributed by atoms with Gasteiger partial charge in [-0.2, -0.15) is 5.10 Å². The lowest BCUT2D eigenvalue weighted by molar-refractivity contribution is 0.708. The Hall–Kier alpha value is -1.95. The Morgan fingerprint density at radius 2 is 2.35 bits per heavy atom. The Kier molecular flexibility index (Phi) is 3.34. The minimum atomic E-state index is -0.147. The molecule has 0 spiro atoms. The molecule has 0 amide bonds. The normalized spacial score (nSPS) is 10.7. The maximum Gasteiger partial charge on any atom is 0.251 e. The second kappa shape index (κ2) is 4.92. The summed E-state index contributed by atoms with van der Waals surface area (Å²) in [5, 5.41) is 7.19. The number of aromatic amines is 1. The zero-order valence-electron chi connectivity index (χ0n) is 9.90. The molecular formula is C11H15N5O. The molecule has 6 heteroatoms. The van der Waals surface area contributed by atoms with Gasteiger partial charge in [-0.1, -0.05) is 6.92 Å². The Bertz CT molecular complexity index is 557. The van der Waals surface area contributed by atoms with Gasteiger partial charge in [0, 0.05) is 25.9 Å². The van der Waals surface area contributed by atoms with Crippen LogP contribution in [-0.4, -0.2) is 26.3 Å². The number of rotatable bonds is 4. The van der Waals surface area contributed by atoms with Gasteiger partial charge in [0.05, 0.1) is 17.5 Å². The van der Waals surface area contributed by atoms with Crippen molar-refractivity contribution in [3.8, 4) is 11.4 Å². The lowest BCUT2D eigenvalue weighted by Crippen LogP contribution is -2.17. The molecule has 0 aliphatic carbocycles. The lowest BCUT2D eigenvalue weighted by Gasteiger charge is -2.02. The minimum absolute atomic E-state index is 0.147. The van der Waals surface area contributed by atoms with Gasteiger partial charge in [0.25, 0.3) is 5.56 Å². The van der Waals surface area contributed by atoms with Crippen LogP contribution in [0.5, 0.6) is 0 Å². The number of aromatic nitrogens is 4. The summed E-state index contributed by atoms with van der Waals surface area (Å²) in [5.41, 5.74) is 1.39. The molecule has 2 N–H and O–H groups in total. The molecule has 0 bridgehead atoms. The third kappa shape index (κ3) is 2.79. The smallest absolute Gasteiger partial charge is 0.251 e. The highest BCUT2D eigenvalue weighted by Gasteiger charge is 2.05. The van der Waals surface area contributed by atoms with E-state index in [0.717, 1.165) is 17.8 Å². The van der Waals surface area contributed by atoms with E-state index in [0.29, 0.717) is 12.4 Å². The summed E-state index contributed by atoms with van der Waals surface area (Å²) in [4.78, 5) is 18.6. The molecule has 2 heterocycles. The standard InChI is InChI=1S/C11H15N5O/c1-3-12-6-9-4-10(17)15-11(14-9)8-5-13-16(2)7-8/h4-5,7,12H,3,6H2,1-2H3,(H,14,15,17). The molecule has 2 rings (SSSR count). The summed E-state index contributed by atoms with van der Waals surface area (Å²) >= 11 is 0. The first-order chi connectivity index (χ1) is 8.19. The average Bonchev–Trinajstić information content (AvgIpc) is 2.72. The number of H-pyrrole nitrogens is 1. The number of aryl methyl sites for hydroxylation is 1. The van der Waals surface area contributed by atoms with Crippen molar-refractivity contribution in [2.45, 2.75) is 13.5 Å². The molecule has 0 radical (unpaired) electrons. The molecule has 0 atom stereocenters. The van der Waals surface area contributed by atoms with Crippen molar-refractivity contribution in [3.05, 3.63) is 34.5 Å². The molecule has 0 unspecified atom stereocenters. The molecule has 0 saturated carbocycles. The lowest BCUT2D eigenvalue weighted by atomic mass is 10.3. The highest BCUT2D eigenvalue weighted by atomic mass is 16.1. The largest absolute Gasteiger partial charge is 0.311 e. The molecule has 6 nitrogen and oxygen atoms in total. The van der Waals surface area contributed by atoms with Crippen LogP contribution in [0.1, 0.15) is 12.6 Å². The van der Waals surface area contributed by atoms with Crippen LogP contribution >= 0.6 is 0 Å². The third-order valence-corrected chi connectivity index (χ3v) is 2.33. The fraction of sp³-hybridized carbons (Fsp3) is 0.364. The maximum absolute atomic E-state index is 11.5. The highest BCUT2D eigenvalue weighted by Crippen LogP contribution is 2.11. The fourth-order valence-corrected chi connectivity index (χ4v) is 1.53. The molecule has 0 aromatic carbocycles. The van der Waals surface area contributed by atoms with Crippen LogP contribution in [0.3, 0.4) is 0 Å². The van der Waals surface area contributed by atoms with Gasteiger partial charge in [0.2, 0.25) is 0 Å². The van der Waals surface area contributed by atoms with Gasteiger partial charge in [-0.15, -0.1) is 0 Å². The van der Waals surface area contributed by atoms with Gasteiger partial charge in [-0.25, -0.2) is 4.98 Å². The first kappa shape index (κ1) is 11.5. The fourth-order valence-electron chi connectivity index (χ4n) is 1.53. The van der Waals surface area contributed by atoms with Crippen molar-refractivity contribution in [2.75, 3.05) is 6.54 Å². The molecule has 0 aliphatic heterocycles. The molecular weight excluding hydrogens is 218 g/mol. The number of hydrogen-bond acceptors (Lipinski definition) is 4. The quantitative estimate of drug-likeness (QED) is 0.795. The average molecular weight is 233 g/mol. The number of hydrogen-bond donors (Lipinski definition) is 2. The summed E-state index contributed by atoms with van der Waals surface area (Å²) < 4.78 is 1.67. The van der Waals surface area contributed by atoms with Crippen LogP contribution in [0.2, 0.25) is 0 Å². The Morgan fingerprint density at radius 3 is 3.00 bits per heavy atom. The Balaban J connectivity index is 2.34. The zero-order valence-corrected chi connectivity index (χ0v) is 9.90. The molecule has 0 fully saturated rings. The zero-order chi connectivity index (χ0) is 12.3. The number of nitrogens with one attached hydrogen (secondary N) is 2. The SMILES string of the molecule is CCNCc1cc(=O)[nH]c(-c2cnn(C)c2)n1. The summed E-state index contributed by atoms with van der Waals surface area (Å²) in [7, 11) is 1.82. The van der Waals surface area contributed by atoms with Crippen molar-refractivity contribution in [3.63, 3.8) is 0 Å². The van der Waals surface area contributed by atoms with E-state index < -0.39 is 0 Å². The summed E-state index contributed by atoms with van der Waals surface area (Å²) in [5.74, 6) is 0.554. The second-order valence-corrected chi connectivity index (χ2v) is 3.77. The molecule has 0 aliphatic rings. The van der Waals surface area contributed by atoms with Crippen LogP contribution in [0.15, 0.2) is 23.3 Å². The predicted octanol–water partition coefficient (Wildman–Crippen LogP) is 0.280. The van der Waals surface area contributed by atoms with Crippen molar-refractivity contribution in [1.82, 2.24) is 25.1 Å². The van der Waals surface area contributed by atoms with Crippen molar-refractivity contribution < 1.29 is 0 Å². The van der Waals surface area contributed by atoms with Gasteiger partial charge >= 0.3 is 0 Å². The Morgan fingerprint density at radius 1 is 1.53 bits per heavy atom. The monoisotopic (exact) mass is 233 g/mol.